The second-order valence-electron chi connectivity index (χ2n) is 5.20. The van der Waals surface area contributed by atoms with Crippen molar-refractivity contribution in [1.82, 2.24) is 4.90 Å². The van der Waals surface area contributed by atoms with Crippen LogP contribution in [0.15, 0.2) is 24.3 Å². The van der Waals surface area contributed by atoms with Gasteiger partial charge in [-0.2, -0.15) is 0 Å². The van der Waals surface area contributed by atoms with E-state index in [4.69, 9.17) is 23.1 Å². The quantitative estimate of drug-likeness (QED) is 0.782. The highest BCUT2D eigenvalue weighted by atomic mass is 32.1. The second-order valence-corrected chi connectivity index (χ2v) is 5.64. The smallest absolute Gasteiger partial charge is 0.103 e. The molecule has 1 fully saturated rings. The Balaban J connectivity index is 1.99. The summed E-state index contributed by atoms with van der Waals surface area (Å²) in [7, 11) is 0. The molecule has 0 aliphatic carbocycles. The van der Waals surface area contributed by atoms with E-state index in [9.17, 15) is 0 Å². The molecule has 1 aliphatic heterocycles. The van der Waals surface area contributed by atoms with Crippen LogP contribution in [0.3, 0.4) is 0 Å². The Labute approximate surface area is 120 Å². The third kappa shape index (κ3) is 4.00. The summed E-state index contributed by atoms with van der Waals surface area (Å²) in [6.07, 6.45) is 4.49. The Morgan fingerprint density at radius 3 is 3.05 bits per heavy atom. The molecule has 0 saturated carbocycles. The lowest BCUT2D eigenvalue weighted by Gasteiger charge is -2.24. The van der Waals surface area contributed by atoms with Crippen LogP contribution in [0, 0.1) is 0 Å². The lowest BCUT2D eigenvalue weighted by atomic mass is 10.1. The molecule has 0 aromatic heterocycles. The highest BCUT2D eigenvalue weighted by Gasteiger charge is 2.23. The number of aliphatic hydroxyl groups is 1. The Morgan fingerprint density at radius 1 is 1.47 bits per heavy atom. The molecule has 1 saturated heterocycles. The molecule has 1 aliphatic rings. The topological polar surface area (TPSA) is 49.5 Å². The molecule has 1 atom stereocenters. The number of likely N-dealkylation sites (tertiary alicyclic amines) is 1. The van der Waals surface area contributed by atoms with Gasteiger partial charge in [-0.1, -0.05) is 30.4 Å². The zero-order chi connectivity index (χ0) is 13.7. The molecule has 1 heterocycles. The number of thiocarbonyl (C=S) groups is 1. The van der Waals surface area contributed by atoms with Gasteiger partial charge in [0.2, 0.25) is 0 Å². The van der Waals surface area contributed by atoms with E-state index in [0.29, 0.717) is 17.6 Å². The van der Waals surface area contributed by atoms with Crippen molar-refractivity contribution in [2.75, 3.05) is 13.2 Å². The van der Waals surface area contributed by atoms with Gasteiger partial charge in [-0.25, -0.2) is 0 Å². The molecule has 0 radical (unpaired) electrons. The molecular formula is C15H22N2OS. The SMILES string of the molecule is NC(=S)c1cccc(CN2CCCC2CCCO)c1. The number of hydrogen-bond donors (Lipinski definition) is 2. The van der Waals surface area contributed by atoms with Crippen molar-refractivity contribution in [2.45, 2.75) is 38.3 Å². The van der Waals surface area contributed by atoms with Crippen molar-refractivity contribution in [3.05, 3.63) is 35.4 Å². The van der Waals surface area contributed by atoms with Crippen molar-refractivity contribution in [2.24, 2.45) is 5.73 Å². The van der Waals surface area contributed by atoms with Gasteiger partial charge in [0.25, 0.3) is 0 Å². The third-order valence-corrected chi connectivity index (χ3v) is 4.03. The molecule has 2 rings (SSSR count). The predicted molar refractivity (Wildman–Crippen MR) is 82.1 cm³/mol. The molecule has 0 bridgehead atoms. The van der Waals surface area contributed by atoms with E-state index in [0.717, 1.165) is 31.5 Å². The van der Waals surface area contributed by atoms with Gasteiger partial charge in [-0.3, -0.25) is 4.90 Å². The largest absolute Gasteiger partial charge is 0.396 e. The lowest BCUT2D eigenvalue weighted by Crippen LogP contribution is -2.29. The first-order chi connectivity index (χ1) is 9.20. The summed E-state index contributed by atoms with van der Waals surface area (Å²) in [5.74, 6) is 0. The number of rotatable bonds is 6. The number of hydrogen-bond acceptors (Lipinski definition) is 3. The Morgan fingerprint density at radius 2 is 2.32 bits per heavy atom. The zero-order valence-corrected chi connectivity index (χ0v) is 12.0. The fraction of sp³-hybridized carbons (Fsp3) is 0.533. The average Bonchev–Trinajstić information content (AvgIpc) is 2.84. The molecule has 0 amide bonds. The Bertz CT molecular complexity index is 436. The van der Waals surface area contributed by atoms with Gasteiger partial charge in [-0.15, -0.1) is 0 Å². The van der Waals surface area contributed by atoms with Crippen LogP contribution >= 0.6 is 12.2 Å². The van der Waals surface area contributed by atoms with E-state index >= 15 is 0 Å². The molecule has 3 N–H and O–H groups in total. The van der Waals surface area contributed by atoms with Gasteiger partial charge >= 0.3 is 0 Å². The fourth-order valence-electron chi connectivity index (χ4n) is 2.81. The molecule has 1 aromatic rings. The van der Waals surface area contributed by atoms with Gasteiger partial charge < -0.3 is 10.8 Å². The normalized spacial score (nSPS) is 19.7. The minimum absolute atomic E-state index is 0.293. The first-order valence-electron chi connectivity index (χ1n) is 6.94. The number of benzene rings is 1. The molecule has 4 heteroatoms. The maximum atomic E-state index is 8.95. The molecular weight excluding hydrogens is 256 g/mol. The summed E-state index contributed by atoms with van der Waals surface area (Å²) in [5.41, 5.74) is 7.88. The third-order valence-electron chi connectivity index (χ3n) is 3.79. The molecule has 0 spiro atoms. The van der Waals surface area contributed by atoms with Crippen LogP contribution in [0.5, 0.6) is 0 Å². The minimum atomic E-state index is 0.293. The molecule has 3 nitrogen and oxygen atoms in total. The van der Waals surface area contributed by atoms with Gasteiger partial charge in [0.1, 0.15) is 4.99 Å². The van der Waals surface area contributed by atoms with Crippen molar-refractivity contribution < 1.29 is 5.11 Å². The van der Waals surface area contributed by atoms with Crippen LogP contribution < -0.4 is 5.73 Å². The second kappa shape index (κ2) is 6.98. The first kappa shape index (κ1) is 14.4. The van der Waals surface area contributed by atoms with Crippen LogP contribution in [0.4, 0.5) is 0 Å². The van der Waals surface area contributed by atoms with Crippen LogP contribution in [-0.4, -0.2) is 34.2 Å². The van der Waals surface area contributed by atoms with Crippen molar-refractivity contribution in [3.63, 3.8) is 0 Å². The maximum absolute atomic E-state index is 8.95. The van der Waals surface area contributed by atoms with Crippen molar-refractivity contribution in [3.8, 4) is 0 Å². The monoisotopic (exact) mass is 278 g/mol. The summed E-state index contributed by atoms with van der Waals surface area (Å²) in [6, 6.07) is 8.80. The Kier molecular flexibility index (Phi) is 5.31. The summed E-state index contributed by atoms with van der Waals surface area (Å²) in [5, 5.41) is 8.95. The zero-order valence-electron chi connectivity index (χ0n) is 11.2. The van der Waals surface area contributed by atoms with Crippen LogP contribution in [0.25, 0.3) is 0 Å². The summed E-state index contributed by atoms with van der Waals surface area (Å²) >= 11 is 5.02. The van der Waals surface area contributed by atoms with E-state index in [1.165, 1.54) is 18.4 Å². The van der Waals surface area contributed by atoms with Crippen LogP contribution in [-0.2, 0) is 6.54 Å². The van der Waals surface area contributed by atoms with Crippen molar-refractivity contribution >= 4 is 17.2 Å². The minimum Gasteiger partial charge on any atom is -0.396 e. The number of nitrogens with two attached hydrogens (primary N) is 1. The molecule has 104 valence electrons. The summed E-state index contributed by atoms with van der Waals surface area (Å²) in [4.78, 5) is 2.97. The van der Waals surface area contributed by atoms with Crippen molar-refractivity contribution in [1.29, 1.82) is 0 Å². The Hall–Kier alpha value is -0.970. The average molecular weight is 278 g/mol. The molecule has 1 aromatic carbocycles. The van der Waals surface area contributed by atoms with E-state index in [1.54, 1.807) is 0 Å². The fourth-order valence-corrected chi connectivity index (χ4v) is 2.94. The number of nitrogens with zero attached hydrogens (tertiary/aromatic N) is 1. The van der Waals surface area contributed by atoms with Gasteiger partial charge in [0, 0.05) is 24.8 Å². The highest BCUT2D eigenvalue weighted by molar-refractivity contribution is 7.80. The first-order valence-corrected chi connectivity index (χ1v) is 7.35. The summed E-state index contributed by atoms with van der Waals surface area (Å²) in [6.45, 7) is 2.39. The molecule has 1 unspecified atom stereocenters. The van der Waals surface area contributed by atoms with Gasteiger partial charge in [-0.05, 0) is 43.9 Å². The predicted octanol–water partition coefficient (Wildman–Crippen LogP) is 2.06. The van der Waals surface area contributed by atoms with Gasteiger partial charge in [0.15, 0.2) is 0 Å². The number of aliphatic hydroxyl groups excluding tert-OH is 1. The van der Waals surface area contributed by atoms with E-state index in [1.807, 2.05) is 12.1 Å². The van der Waals surface area contributed by atoms with Crippen LogP contribution in [0.2, 0.25) is 0 Å². The standard InChI is InChI=1S/C15H22N2OS/c16-15(19)13-5-1-4-12(10-13)11-17-8-2-6-14(17)7-3-9-18/h1,4-5,10,14,18H,2-3,6-9,11H2,(H2,16,19). The maximum Gasteiger partial charge on any atom is 0.103 e. The highest BCUT2D eigenvalue weighted by Crippen LogP contribution is 2.23. The van der Waals surface area contributed by atoms with E-state index in [-0.39, 0.29) is 0 Å². The van der Waals surface area contributed by atoms with Crippen LogP contribution in [0.1, 0.15) is 36.8 Å². The molecule has 19 heavy (non-hydrogen) atoms. The summed E-state index contributed by atoms with van der Waals surface area (Å²) < 4.78 is 0. The lowest BCUT2D eigenvalue weighted by molar-refractivity contribution is 0.210. The van der Waals surface area contributed by atoms with E-state index < -0.39 is 0 Å². The van der Waals surface area contributed by atoms with Gasteiger partial charge in [0.05, 0.1) is 0 Å². The van der Waals surface area contributed by atoms with E-state index in [2.05, 4.69) is 17.0 Å².